The minimum absolute atomic E-state index is 0.0305. The third kappa shape index (κ3) is 2.76. The smallest absolute Gasteiger partial charge is 0.330 e. The van der Waals surface area contributed by atoms with E-state index < -0.39 is 0 Å². The van der Waals surface area contributed by atoms with Crippen LogP contribution in [0.1, 0.15) is 0 Å². The number of nitrogens with zero attached hydrogens (tertiary/aromatic N) is 3. The van der Waals surface area contributed by atoms with E-state index in [2.05, 4.69) is 20.4 Å². The molecule has 0 amide bonds. The lowest BCUT2D eigenvalue weighted by Gasteiger charge is -2.07. The van der Waals surface area contributed by atoms with Gasteiger partial charge in [0.1, 0.15) is 5.75 Å². The number of nitrogens with two attached hydrogens (primary N) is 1. The van der Waals surface area contributed by atoms with Crippen LogP contribution in [0.15, 0.2) is 24.3 Å². The second-order valence-electron chi connectivity index (χ2n) is 3.11. The van der Waals surface area contributed by atoms with E-state index in [1.807, 2.05) is 0 Å². The summed E-state index contributed by atoms with van der Waals surface area (Å²) in [5.41, 5.74) is 2.29. The fourth-order valence-corrected chi connectivity index (χ4v) is 1.34. The van der Waals surface area contributed by atoms with E-state index in [1.165, 1.54) is 7.11 Å². The van der Waals surface area contributed by atoms with Gasteiger partial charge in [-0.15, -0.1) is 4.98 Å². The van der Waals surface area contributed by atoms with Crippen molar-refractivity contribution in [2.45, 2.75) is 0 Å². The third-order valence-electron chi connectivity index (χ3n) is 1.94. The molecule has 0 fully saturated rings. The Bertz CT molecular complexity index is 529. The lowest BCUT2D eigenvalue weighted by molar-refractivity contribution is 0.360. The van der Waals surface area contributed by atoms with Crippen LogP contribution in [0.4, 0.5) is 5.95 Å². The Kier molecular flexibility index (Phi) is 3.75. The number of halogens is 1. The molecule has 0 saturated carbocycles. The molecule has 0 unspecified atom stereocenters. The number of anilines is 1. The van der Waals surface area contributed by atoms with Crippen LogP contribution in [0.2, 0.25) is 5.02 Å². The van der Waals surface area contributed by atoms with Gasteiger partial charge < -0.3 is 9.47 Å². The number of benzene rings is 1. The van der Waals surface area contributed by atoms with Crippen LogP contribution in [-0.2, 0) is 0 Å². The van der Waals surface area contributed by atoms with Gasteiger partial charge in [-0.25, -0.2) is 5.84 Å². The zero-order chi connectivity index (χ0) is 13.0. The van der Waals surface area contributed by atoms with Crippen LogP contribution in [0.25, 0.3) is 0 Å². The number of ether oxygens (including phenoxy) is 2. The fraction of sp³-hybridized carbons (Fsp3) is 0.100. The van der Waals surface area contributed by atoms with Crippen molar-refractivity contribution in [2.24, 2.45) is 5.84 Å². The highest BCUT2D eigenvalue weighted by atomic mass is 35.5. The summed E-state index contributed by atoms with van der Waals surface area (Å²) in [4.78, 5) is 11.7. The highest BCUT2D eigenvalue weighted by Crippen LogP contribution is 2.27. The molecule has 1 heterocycles. The monoisotopic (exact) mass is 267 g/mol. The highest BCUT2D eigenvalue weighted by Gasteiger charge is 2.09. The molecule has 7 nitrogen and oxygen atoms in total. The number of para-hydroxylation sites is 1. The number of nitrogen functional groups attached to an aromatic ring is 1. The average Bonchev–Trinajstić information content (AvgIpc) is 2.41. The molecule has 0 radical (unpaired) electrons. The lowest BCUT2D eigenvalue weighted by atomic mass is 10.3. The molecule has 2 rings (SSSR count). The van der Waals surface area contributed by atoms with Crippen LogP contribution >= 0.6 is 11.6 Å². The third-order valence-corrected chi connectivity index (χ3v) is 2.26. The maximum Gasteiger partial charge on any atom is 0.330 e. The minimum Gasteiger partial charge on any atom is -0.467 e. The van der Waals surface area contributed by atoms with Gasteiger partial charge in [-0.3, -0.25) is 5.43 Å². The number of aromatic nitrogens is 3. The molecule has 1 aromatic heterocycles. The Hall–Kier alpha value is -2.12. The first-order chi connectivity index (χ1) is 8.72. The van der Waals surface area contributed by atoms with Gasteiger partial charge >= 0.3 is 12.0 Å². The average molecular weight is 268 g/mol. The second-order valence-corrected chi connectivity index (χ2v) is 3.51. The number of hydrogen-bond donors (Lipinski definition) is 2. The Balaban J connectivity index is 2.31. The van der Waals surface area contributed by atoms with Gasteiger partial charge in [0, 0.05) is 0 Å². The molecule has 0 aliphatic heterocycles. The van der Waals surface area contributed by atoms with E-state index in [4.69, 9.17) is 26.9 Å². The molecular weight excluding hydrogens is 258 g/mol. The molecule has 2 aromatic rings. The van der Waals surface area contributed by atoms with Crippen LogP contribution in [0.3, 0.4) is 0 Å². The summed E-state index contributed by atoms with van der Waals surface area (Å²) in [6.07, 6.45) is 0. The van der Waals surface area contributed by atoms with Crippen molar-refractivity contribution in [3.63, 3.8) is 0 Å². The Morgan fingerprint density at radius 2 is 1.89 bits per heavy atom. The Morgan fingerprint density at radius 3 is 2.56 bits per heavy atom. The molecule has 0 atom stereocenters. The van der Waals surface area contributed by atoms with Gasteiger partial charge in [0.2, 0.25) is 5.95 Å². The topological polar surface area (TPSA) is 95.2 Å². The maximum absolute atomic E-state index is 5.95. The molecule has 94 valence electrons. The van der Waals surface area contributed by atoms with Gasteiger partial charge in [0.15, 0.2) is 0 Å². The standard InChI is InChI=1S/C10H10ClN5O2/c1-17-9-13-8(16-12)14-10(15-9)18-7-5-3-2-4-6(7)11/h2-5H,12H2,1H3,(H,13,14,15,16). The maximum atomic E-state index is 5.95. The molecule has 0 aliphatic carbocycles. The summed E-state index contributed by atoms with van der Waals surface area (Å²) in [6.45, 7) is 0. The predicted octanol–water partition coefficient (Wildman–Crippen LogP) is 1.61. The molecule has 0 aliphatic rings. The normalized spacial score (nSPS) is 9.94. The van der Waals surface area contributed by atoms with Crippen LogP contribution in [0.5, 0.6) is 17.8 Å². The molecule has 8 heteroatoms. The van der Waals surface area contributed by atoms with Crippen molar-refractivity contribution in [1.82, 2.24) is 15.0 Å². The van der Waals surface area contributed by atoms with Crippen molar-refractivity contribution in [3.8, 4) is 17.8 Å². The van der Waals surface area contributed by atoms with Gasteiger partial charge in [0.25, 0.3) is 0 Å². The molecule has 3 N–H and O–H groups in total. The van der Waals surface area contributed by atoms with Crippen molar-refractivity contribution < 1.29 is 9.47 Å². The van der Waals surface area contributed by atoms with Crippen LogP contribution in [-0.4, -0.2) is 22.1 Å². The highest BCUT2D eigenvalue weighted by molar-refractivity contribution is 6.32. The first kappa shape index (κ1) is 12.3. The van der Waals surface area contributed by atoms with E-state index in [-0.39, 0.29) is 18.0 Å². The molecular formula is C10H10ClN5O2. The summed E-state index contributed by atoms with van der Waals surface area (Å²) >= 11 is 5.95. The Labute approximate surface area is 108 Å². The molecule has 0 saturated heterocycles. The van der Waals surface area contributed by atoms with Gasteiger partial charge in [-0.05, 0) is 12.1 Å². The number of rotatable bonds is 4. The fourth-order valence-electron chi connectivity index (χ4n) is 1.17. The second kappa shape index (κ2) is 5.48. The van der Waals surface area contributed by atoms with Gasteiger partial charge in [0.05, 0.1) is 12.1 Å². The summed E-state index contributed by atoms with van der Waals surface area (Å²) < 4.78 is 10.3. The van der Waals surface area contributed by atoms with E-state index in [0.717, 1.165) is 0 Å². The molecule has 18 heavy (non-hydrogen) atoms. The van der Waals surface area contributed by atoms with Crippen LogP contribution in [0, 0.1) is 0 Å². The van der Waals surface area contributed by atoms with Gasteiger partial charge in [-0.2, -0.15) is 9.97 Å². The molecule has 0 spiro atoms. The van der Waals surface area contributed by atoms with E-state index in [1.54, 1.807) is 24.3 Å². The number of hydrazine groups is 1. The zero-order valence-electron chi connectivity index (χ0n) is 9.42. The summed E-state index contributed by atoms with van der Waals surface area (Å²) in [6, 6.07) is 7.06. The quantitative estimate of drug-likeness (QED) is 0.642. The first-order valence-electron chi connectivity index (χ1n) is 4.92. The van der Waals surface area contributed by atoms with Crippen molar-refractivity contribution in [2.75, 3.05) is 12.5 Å². The van der Waals surface area contributed by atoms with E-state index in [0.29, 0.717) is 10.8 Å². The summed E-state index contributed by atoms with van der Waals surface area (Å²) in [5.74, 6) is 5.78. The number of methoxy groups -OCH3 is 1. The summed E-state index contributed by atoms with van der Waals surface area (Å²) in [5, 5.41) is 0.444. The van der Waals surface area contributed by atoms with Gasteiger partial charge in [-0.1, -0.05) is 23.7 Å². The van der Waals surface area contributed by atoms with Crippen molar-refractivity contribution in [3.05, 3.63) is 29.3 Å². The molecule has 1 aromatic carbocycles. The van der Waals surface area contributed by atoms with E-state index in [9.17, 15) is 0 Å². The van der Waals surface area contributed by atoms with E-state index >= 15 is 0 Å². The Morgan fingerprint density at radius 1 is 1.17 bits per heavy atom. The minimum atomic E-state index is 0.0305. The summed E-state index contributed by atoms with van der Waals surface area (Å²) in [7, 11) is 1.43. The number of nitrogens with one attached hydrogen (secondary N) is 1. The zero-order valence-corrected chi connectivity index (χ0v) is 10.2. The van der Waals surface area contributed by atoms with Crippen molar-refractivity contribution in [1.29, 1.82) is 0 Å². The first-order valence-corrected chi connectivity index (χ1v) is 5.30. The lowest BCUT2D eigenvalue weighted by Crippen LogP contribution is -2.12. The number of hydrogen-bond acceptors (Lipinski definition) is 7. The molecule has 0 bridgehead atoms. The van der Waals surface area contributed by atoms with Crippen molar-refractivity contribution >= 4 is 17.5 Å². The predicted molar refractivity (Wildman–Crippen MR) is 65.7 cm³/mol. The van der Waals surface area contributed by atoms with Crippen LogP contribution < -0.4 is 20.7 Å². The SMILES string of the molecule is COc1nc(NN)nc(Oc2ccccc2Cl)n1. The largest absolute Gasteiger partial charge is 0.467 e.